The van der Waals surface area contributed by atoms with Crippen molar-refractivity contribution in [1.29, 1.82) is 0 Å². The summed E-state index contributed by atoms with van der Waals surface area (Å²) in [5, 5.41) is 10.3. The Morgan fingerprint density at radius 2 is 1.68 bits per heavy atom. The van der Waals surface area contributed by atoms with Crippen molar-refractivity contribution in [3.8, 4) is 0 Å². The first-order valence-corrected chi connectivity index (χ1v) is 10.2. The average molecular weight is 305 g/mol. The minimum absolute atomic E-state index is 0.0987. The zero-order valence-corrected chi connectivity index (χ0v) is 14.9. The van der Waals surface area contributed by atoms with Crippen molar-refractivity contribution in [2.75, 3.05) is 0 Å². The van der Waals surface area contributed by atoms with Crippen LogP contribution < -0.4 is 0 Å². The molecule has 0 aliphatic heterocycles. The molecule has 0 aromatic rings. The molecule has 0 spiro atoms. The van der Waals surface area contributed by atoms with Crippen molar-refractivity contribution in [2.45, 2.75) is 84.7 Å². The summed E-state index contributed by atoms with van der Waals surface area (Å²) in [6.45, 7) is 7.06. The van der Waals surface area contributed by atoms with Gasteiger partial charge in [-0.05, 0) is 105 Å². The third-order valence-electron chi connectivity index (χ3n) is 8.87. The van der Waals surface area contributed by atoms with Gasteiger partial charge in [0, 0.05) is 0 Å². The molecule has 1 N–H and O–H groups in total. The van der Waals surface area contributed by atoms with E-state index in [2.05, 4.69) is 13.8 Å². The van der Waals surface area contributed by atoms with Crippen LogP contribution in [-0.2, 0) is 0 Å². The predicted octanol–water partition coefficient (Wildman–Crippen LogP) is 5.27. The Hall–Kier alpha value is -0.0400. The molecule has 1 heteroatoms. The third-order valence-corrected chi connectivity index (χ3v) is 8.87. The first kappa shape index (κ1) is 15.5. The van der Waals surface area contributed by atoms with Gasteiger partial charge in [0.05, 0.1) is 6.10 Å². The first-order chi connectivity index (χ1) is 10.5. The van der Waals surface area contributed by atoms with Crippen molar-refractivity contribution in [3.05, 3.63) is 0 Å². The van der Waals surface area contributed by atoms with Crippen LogP contribution in [0.3, 0.4) is 0 Å². The Kier molecular flexibility index (Phi) is 3.87. The van der Waals surface area contributed by atoms with Crippen molar-refractivity contribution in [1.82, 2.24) is 0 Å². The van der Waals surface area contributed by atoms with Crippen LogP contribution in [0.5, 0.6) is 0 Å². The molecule has 22 heavy (non-hydrogen) atoms. The quantitative estimate of drug-likeness (QED) is 0.699. The molecule has 0 aromatic carbocycles. The van der Waals surface area contributed by atoms with Crippen LogP contribution in [0.15, 0.2) is 0 Å². The summed E-state index contributed by atoms with van der Waals surface area (Å²) >= 11 is 0. The predicted molar refractivity (Wildman–Crippen MR) is 91.4 cm³/mol. The molecule has 9 atom stereocenters. The molecule has 9 unspecified atom stereocenters. The van der Waals surface area contributed by atoms with Gasteiger partial charge in [0.15, 0.2) is 0 Å². The summed E-state index contributed by atoms with van der Waals surface area (Å²) < 4.78 is 0. The Balaban J connectivity index is 1.55. The van der Waals surface area contributed by atoms with E-state index in [0.29, 0.717) is 11.3 Å². The average Bonchev–Trinajstić information content (AvgIpc) is 2.84. The lowest BCUT2D eigenvalue weighted by molar-refractivity contribution is -0.0813. The molecule has 4 aliphatic rings. The lowest BCUT2D eigenvalue weighted by Gasteiger charge is -2.56. The molecule has 4 saturated carbocycles. The molecule has 0 heterocycles. The van der Waals surface area contributed by atoms with E-state index in [1.165, 1.54) is 57.8 Å². The van der Waals surface area contributed by atoms with Crippen molar-refractivity contribution >= 4 is 0 Å². The van der Waals surface area contributed by atoms with E-state index in [0.717, 1.165) is 35.5 Å². The largest absolute Gasteiger partial charge is 0.393 e. The zero-order valence-electron chi connectivity index (χ0n) is 14.9. The number of rotatable bonds is 1. The van der Waals surface area contributed by atoms with Crippen molar-refractivity contribution in [2.24, 2.45) is 46.8 Å². The van der Waals surface area contributed by atoms with Crippen LogP contribution in [-0.4, -0.2) is 11.2 Å². The number of hydrogen-bond acceptors (Lipinski definition) is 1. The van der Waals surface area contributed by atoms with Crippen LogP contribution in [0.1, 0.15) is 78.6 Å². The molecule has 1 nitrogen and oxygen atoms in total. The minimum Gasteiger partial charge on any atom is -0.393 e. The molecule has 4 fully saturated rings. The molecule has 0 saturated heterocycles. The van der Waals surface area contributed by atoms with Crippen LogP contribution >= 0.6 is 0 Å². The number of aliphatic hydroxyl groups excluding tert-OH is 1. The number of aliphatic hydroxyl groups is 1. The van der Waals surface area contributed by atoms with E-state index in [-0.39, 0.29) is 6.10 Å². The minimum atomic E-state index is -0.0987. The maximum Gasteiger partial charge on any atom is 0.0545 e. The Morgan fingerprint density at radius 1 is 0.909 bits per heavy atom. The van der Waals surface area contributed by atoms with Crippen molar-refractivity contribution < 1.29 is 5.11 Å². The van der Waals surface area contributed by atoms with E-state index in [4.69, 9.17) is 0 Å². The fourth-order valence-corrected chi connectivity index (χ4v) is 7.92. The number of hydrogen-bond donors (Lipinski definition) is 1. The van der Waals surface area contributed by atoms with Crippen LogP contribution in [0.2, 0.25) is 0 Å². The molecule has 4 rings (SSSR count). The van der Waals surface area contributed by atoms with Gasteiger partial charge in [0.2, 0.25) is 0 Å². The molecule has 0 amide bonds. The van der Waals surface area contributed by atoms with Gasteiger partial charge in [-0.2, -0.15) is 0 Å². The Morgan fingerprint density at radius 3 is 2.45 bits per heavy atom. The van der Waals surface area contributed by atoms with E-state index in [1.807, 2.05) is 6.92 Å². The molecule has 4 aliphatic carbocycles. The van der Waals surface area contributed by atoms with Crippen molar-refractivity contribution in [3.63, 3.8) is 0 Å². The smallest absolute Gasteiger partial charge is 0.0545 e. The second-order valence-electron chi connectivity index (χ2n) is 9.82. The maximum atomic E-state index is 10.3. The van der Waals surface area contributed by atoms with E-state index in [9.17, 15) is 5.11 Å². The van der Waals surface area contributed by atoms with E-state index < -0.39 is 0 Å². The normalized spacial score (nSPS) is 55.9. The highest BCUT2D eigenvalue weighted by molar-refractivity contribution is 5.06. The summed E-state index contributed by atoms with van der Waals surface area (Å²) in [7, 11) is 0. The van der Waals surface area contributed by atoms with Gasteiger partial charge in [-0.3, -0.25) is 0 Å². The highest BCUT2D eigenvalue weighted by Crippen LogP contribution is 2.64. The third kappa shape index (κ3) is 2.21. The number of fused-ring (bicyclic) bond motifs is 5. The topological polar surface area (TPSA) is 20.2 Å². The summed E-state index contributed by atoms with van der Waals surface area (Å²) in [5.74, 6) is 6.63. The van der Waals surface area contributed by atoms with Gasteiger partial charge in [0.1, 0.15) is 0 Å². The van der Waals surface area contributed by atoms with Gasteiger partial charge >= 0.3 is 0 Å². The first-order valence-electron chi connectivity index (χ1n) is 10.2. The maximum absolute atomic E-state index is 10.3. The lowest BCUT2D eigenvalue weighted by Crippen LogP contribution is -2.49. The molecule has 126 valence electrons. The lowest BCUT2D eigenvalue weighted by atomic mass is 9.49. The van der Waals surface area contributed by atoms with Gasteiger partial charge in [-0.25, -0.2) is 0 Å². The van der Waals surface area contributed by atoms with Gasteiger partial charge in [-0.1, -0.05) is 20.3 Å². The second kappa shape index (κ2) is 5.50. The molecule has 0 bridgehead atoms. The molecule has 0 aromatic heterocycles. The van der Waals surface area contributed by atoms with Gasteiger partial charge in [-0.15, -0.1) is 0 Å². The van der Waals surface area contributed by atoms with Crippen LogP contribution in [0.25, 0.3) is 0 Å². The van der Waals surface area contributed by atoms with Gasteiger partial charge in [0.25, 0.3) is 0 Å². The van der Waals surface area contributed by atoms with Crippen LogP contribution in [0, 0.1) is 46.8 Å². The monoisotopic (exact) mass is 304 g/mol. The highest BCUT2D eigenvalue weighted by Gasteiger charge is 2.57. The summed E-state index contributed by atoms with van der Waals surface area (Å²) in [5.41, 5.74) is 0.449. The summed E-state index contributed by atoms with van der Waals surface area (Å²) in [4.78, 5) is 0. The fraction of sp³-hybridized carbons (Fsp3) is 1.00. The van der Waals surface area contributed by atoms with E-state index >= 15 is 0 Å². The Bertz CT molecular complexity index is 416. The SMILES string of the molecule is CC1CCC2C(CCC3C2CCC2(C)C(C(C)O)CCC32)C1. The van der Waals surface area contributed by atoms with Crippen LogP contribution in [0.4, 0.5) is 0 Å². The van der Waals surface area contributed by atoms with Gasteiger partial charge < -0.3 is 5.11 Å². The zero-order chi connectivity index (χ0) is 15.5. The Labute approximate surface area is 137 Å². The molecular formula is C21H36O. The molecular weight excluding hydrogens is 268 g/mol. The molecule has 0 radical (unpaired) electrons. The second-order valence-corrected chi connectivity index (χ2v) is 9.82. The standard InChI is InChI=1S/C21H36O/c1-13-4-6-16-15(12-13)5-7-18-17(16)10-11-21(3)19(14(2)22)8-9-20(18)21/h13-20,22H,4-12H2,1-3H3. The highest BCUT2D eigenvalue weighted by atomic mass is 16.3. The summed E-state index contributed by atoms with van der Waals surface area (Å²) in [6.07, 6.45) is 13.0. The van der Waals surface area contributed by atoms with E-state index in [1.54, 1.807) is 0 Å². The fourth-order valence-electron chi connectivity index (χ4n) is 7.92. The summed E-state index contributed by atoms with van der Waals surface area (Å²) in [6, 6.07) is 0.